The fraction of sp³-hybridized carbons (Fsp3) is 0.833. The van der Waals surface area contributed by atoms with E-state index in [2.05, 4.69) is 10.2 Å². The van der Waals surface area contributed by atoms with Crippen LogP contribution < -0.4 is 11.1 Å². The molecule has 0 radical (unpaired) electrons. The first-order chi connectivity index (χ1) is 12.0. The van der Waals surface area contributed by atoms with Crippen molar-refractivity contribution in [2.45, 2.75) is 44.9 Å². The van der Waals surface area contributed by atoms with E-state index in [1.54, 1.807) is 0 Å². The summed E-state index contributed by atoms with van der Waals surface area (Å²) >= 11 is 0. The summed E-state index contributed by atoms with van der Waals surface area (Å²) in [6, 6.07) is -0.660. The van der Waals surface area contributed by atoms with Crippen molar-refractivity contribution in [3.63, 3.8) is 0 Å². The molecule has 7 heteroatoms. The molecule has 0 aromatic rings. The van der Waals surface area contributed by atoms with Gasteiger partial charge in [0.15, 0.2) is 0 Å². The van der Waals surface area contributed by atoms with Gasteiger partial charge in [-0.3, -0.25) is 9.59 Å². The van der Waals surface area contributed by atoms with Gasteiger partial charge in [0.25, 0.3) is 0 Å². The number of amides is 4. The molecule has 0 aromatic heterocycles. The summed E-state index contributed by atoms with van der Waals surface area (Å²) in [4.78, 5) is 38.9. The molecular weight excluding hydrogens is 320 g/mol. The molecule has 1 atom stereocenters. The number of nitrogens with two attached hydrogens (primary N) is 1. The predicted molar refractivity (Wildman–Crippen MR) is 93.5 cm³/mol. The van der Waals surface area contributed by atoms with E-state index in [0.29, 0.717) is 23.7 Å². The van der Waals surface area contributed by atoms with Gasteiger partial charge in [-0.2, -0.15) is 0 Å². The molecule has 0 aromatic carbocycles. The highest BCUT2D eigenvalue weighted by Crippen LogP contribution is 2.35. The van der Waals surface area contributed by atoms with Gasteiger partial charge in [-0.1, -0.05) is 0 Å². The second kappa shape index (κ2) is 8.06. The average molecular weight is 350 g/mol. The highest BCUT2D eigenvalue weighted by molar-refractivity contribution is 5.83. The number of nitrogens with zero attached hydrogens (tertiary/aromatic N) is 2. The van der Waals surface area contributed by atoms with Gasteiger partial charge in [0, 0.05) is 32.1 Å². The lowest BCUT2D eigenvalue weighted by Gasteiger charge is -2.36. The number of piperidine rings is 1. The zero-order valence-electron chi connectivity index (χ0n) is 14.9. The number of carbonyl (C=O) groups excluding carboxylic acids is 3. The second-order valence-corrected chi connectivity index (χ2v) is 7.73. The van der Waals surface area contributed by atoms with Gasteiger partial charge >= 0.3 is 6.03 Å². The normalized spacial score (nSPS) is 25.4. The minimum Gasteiger partial charge on any atom is -0.352 e. The van der Waals surface area contributed by atoms with Crippen LogP contribution in [0.25, 0.3) is 0 Å². The third-order valence-electron chi connectivity index (χ3n) is 5.98. The fourth-order valence-corrected chi connectivity index (χ4v) is 4.30. The molecule has 0 bridgehead atoms. The molecule has 2 heterocycles. The molecule has 4 amide bonds. The van der Waals surface area contributed by atoms with Gasteiger partial charge in [0.05, 0.1) is 6.54 Å². The molecule has 2 aliphatic heterocycles. The van der Waals surface area contributed by atoms with Gasteiger partial charge in [-0.05, 0) is 56.8 Å². The lowest BCUT2D eigenvalue weighted by Crippen LogP contribution is -2.45. The SMILES string of the molecule is NC(=O)NCC(=O)N1CCC(C2CCCN(C(=O)C3CC3)CC2)CC1. The molecule has 140 valence electrons. The number of primary amides is 1. The fourth-order valence-electron chi connectivity index (χ4n) is 4.30. The van der Waals surface area contributed by atoms with Gasteiger partial charge in [0.1, 0.15) is 0 Å². The van der Waals surface area contributed by atoms with Crippen LogP contribution in [0.1, 0.15) is 44.9 Å². The molecule has 1 unspecified atom stereocenters. The number of carbonyl (C=O) groups is 3. The minimum absolute atomic E-state index is 0.0122. The summed E-state index contributed by atoms with van der Waals surface area (Å²) in [6.07, 6.45) is 7.58. The smallest absolute Gasteiger partial charge is 0.312 e. The van der Waals surface area contributed by atoms with E-state index < -0.39 is 6.03 Å². The summed E-state index contributed by atoms with van der Waals surface area (Å²) in [5, 5.41) is 2.37. The van der Waals surface area contributed by atoms with Crippen molar-refractivity contribution in [3.8, 4) is 0 Å². The Bertz CT molecular complexity index is 512. The van der Waals surface area contributed by atoms with Gasteiger partial charge in [0.2, 0.25) is 11.8 Å². The maximum absolute atomic E-state index is 12.3. The van der Waals surface area contributed by atoms with E-state index in [9.17, 15) is 14.4 Å². The number of hydrogen-bond donors (Lipinski definition) is 2. The Labute approximate surface area is 149 Å². The summed E-state index contributed by atoms with van der Waals surface area (Å²) in [5.74, 6) is 1.95. The standard InChI is InChI=1S/C18H30N4O3/c19-18(25)20-12-16(23)21-9-5-14(6-10-21)13-2-1-8-22(11-7-13)17(24)15-3-4-15/h13-15H,1-12H2,(H3,19,20,25). The van der Waals surface area contributed by atoms with E-state index in [4.69, 9.17) is 5.73 Å². The van der Waals surface area contributed by atoms with E-state index in [-0.39, 0.29) is 12.5 Å². The first kappa shape index (κ1) is 18.0. The van der Waals surface area contributed by atoms with Crippen LogP contribution in [0.5, 0.6) is 0 Å². The number of likely N-dealkylation sites (tertiary alicyclic amines) is 2. The first-order valence-corrected chi connectivity index (χ1v) is 9.64. The molecular formula is C18H30N4O3. The van der Waals surface area contributed by atoms with Gasteiger partial charge in [-0.25, -0.2) is 4.79 Å². The lowest BCUT2D eigenvalue weighted by atomic mass is 9.80. The van der Waals surface area contributed by atoms with Crippen LogP contribution in [-0.2, 0) is 9.59 Å². The predicted octanol–water partition coefficient (Wildman–Crippen LogP) is 0.932. The van der Waals surface area contributed by atoms with Crippen molar-refractivity contribution in [1.82, 2.24) is 15.1 Å². The van der Waals surface area contributed by atoms with Gasteiger partial charge < -0.3 is 20.9 Å². The van der Waals surface area contributed by atoms with Crippen LogP contribution in [0.3, 0.4) is 0 Å². The molecule has 3 N–H and O–H groups in total. The number of nitrogens with one attached hydrogen (secondary N) is 1. The lowest BCUT2D eigenvalue weighted by molar-refractivity contribution is -0.133. The van der Waals surface area contributed by atoms with Crippen molar-refractivity contribution in [3.05, 3.63) is 0 Å². The highest BCUT2D eigenvalue weighted by atomic mass is 16.2. The second-order valence-electron chi connectivity index (χ2n) is 7.73. The topological polar surface area (TPSA) is 95.7 Å². The van der Waals surface area contributed by atoms with Crippen LogP contribution in [0.2, 0.25) is 0 Å². The summed E-state index contributed by atoms with van der Waals surface area (Å²) in [6.45, 7) is 3.32. The van der Waals surface area contributed by atoms with Crippen LogP contribution in [-0.4, -0.2) is 60.4 Å². The summed E-state index contributed by atoms with van der Waals surface area (Å²) < 4.78 is 0. The number of hydrogen-bond acceptors (Lipinski definition) is 3. The molecule has 7 nitrogen and oxygen atoms in total. The van der Waals surface area contributed by atoms with Crippen LogP contribution >= 0.6 is 0 Å². The number of urea groups is 1. The van der Waals surface area contributed by atoms with Crippen molar-refractivity contribution >= 4 is 17.8 Å². The minimum atomic E-state index is -0.660. The molecule has 2 saturated heterocycles. The zero-order valence-corrected chi connectivity index (χ0v) is 14.9. The summed E-state index contributed by atoms with van der Waals surface area (Å²) in [7, 11) is 0. The average Bonchev–Trinajstić information content (AvgIpc) is 3.45. The molecule has 3 fully saturated rings. The Morgan fingerprint density at radius 1 is 0.840 bits per heavy atom. The number of rotatable bonds is 4. The largest absolute Gasteiger partial charge is 0.352 e. The molecule has 1 aliphatic carbocycles. The molecule has 3 rings (SSSR count). The van der Waals surface area contributed by atoms with Crippen molar-refractivity contribution in [2.75, 3.05) is 32.7 Å². The Morgan fingerprint density at radius 2 is 1.44 bits per heavy atom. The van der Waals surface area contributed by atoms with E-state index >= 15 is 0 Å². The van der Waals surface area contributed by atoms with Gasteiger partial charge in [-0.15, -0.1) is 0 Å². The first-order valence-electron chi connectivity index (χ1n) is 9.64. The maximum atomic E-state index is 12.3. The van der Waals surface area contributed by atoms with Crippen molar-refractivity contribution in [1.29, 1.82) is 0 Å². The molecule has 3 aliphatic rings. The Kier molecular flexibility index (Phi) is 5.81. The van der Waals surface area contributed by atoms with Crippen LogP contribution in [0.15, 0.2) is 0 Å². The monoisotopic (exact) mass is 350 g/mol. The quantitative estimate of drug-likeness (QED) is 0.789. The van der Waals surface area contributed by atoms with E-state index in [1.807, 2.05) is 4.90 Å². The third kappa shape index (κ3) is 4.86. The summed E-state index contributed by atoms with van der Waals surface area (Å²) in [5.41, 5.74) is 5.01. The van der Waals surface area contributed by atoms with Crippen LogP contribution in [0, 0.1) is 17.8 Å². The Morgan fingerprint density at radius 3 is 2.04 bits per heavy atom. The zero-order chi connectivity index (χ0) is 17.8. The Balaban J connectivity index is 1.42. The van der Waals surface area contributed by atoms with Crippen LogP contribution in [0.4, 0.5) is 4.79 Å². The maximum Gasteiger partial charge on any atom is 0.312 e. The van der Waals surface area contributed by atoms with E-state index in [0.717, 1.165) is 64.7 Å². The molecule has 25 heavy (non-hydrogen) atoms. The molecule has 0 spiro atoms. The Hall–Kier alpha value is -1.79. The van der Waals surface area contributed by atoms with Crippen molar-refractivity contribution < 1.29 is 14.4 Å². The highest BCUT2D eigenvalue weighted by Gasteiger charge is 2.35. The molecule has 1 saturated carbocycles. The third-order valence-corrected chi connectivity index (χ3v) is 5.98. The van der Waals surface area contributed by atoms with Crippen molar-refractivity contribution in [2.24, 2.45) is 23.5 Å². The van der Waals surface area contributed by atoms with E-state index in [1.165, 1.54) is 6.42 Å².